The van der Waals surface area contributed by atoms with Crippen LogP contribution >= 0.6 is 0 Å². The molecule has 0 heterocycles. The van der Waals surface area contributed by atoms with Gasteiger partial charge in [-0.05, 0) is 54.5 Å². The van der Waals surface area contributed by atoms with Crippen molar-refractivity contribution >= 4 is 5.78 Å². The van der Waals surface area contributed by atoms with Crippen molar-refractivity contribution in [1.29, 1.82) is 0 Å². The number of rotatable bonds is 1. The zero-order valence-corrected chi connectivity index (χ0v) is 9.28. The van der Waals surface area contributed by atoms with Crippen molar-refractivity contribution in [3.63, 3.8) is 0 Å². The molecule has 2 aromatic carbocycles. The summed E-state index contributed by atoms with van der Waals surface area (Å²) in [7, 11) is 0. The number of benzene rings is 2. The minimum Gasteiger partial charge on any atom is -0.279 e. The lowest BCUT2D eigenvalue weighted by Gasteiger charge is -1.93. The maximum absolute atomic E-state index is 12.7. The second-order valence-electron chi connectivity index (χ2n) is 3.59. The van der Waals surface area contributed by atoms with Crippen LogP contribution < -0.4 is 0 Å². The van der Waals surface area contributed by atoms with E-state index < -0.39 is 11.6 Å². The third kappa shape index (κ3) is 3.02. The average molecular weight is 242 g/mol. The monoisotopic (exact) mass is 242 g/mol. The van der Waals surface area contributed by atoms with Crippen LogP contribution in [0.25, 0.3) is 0 Å². The van der Waals surface area contributed by atoms with Crippen molar-refractivity contribution in [3.8, 4) is 11.8 Å². The van der Waals surface area contributed by atoms with Crippen LogP contribution in [0.2, 0.25) is 0 Å². The largest absolute Gasteiger partial charge is 0.279 e. The van der Waals surface area contributed by atoms with Gasteiger partial charge in [0, 0.05) is 11.1 Å². The lowest BCUT2D eigenvalue weighted by Crippen LogP contribution is -1.94. The number of Topliss-reactive ketones (excluding diaryl/α,β-unsaturated/α-hetero) is 1. The Balaban J connectivity index is 2.17. The Labute approximate surface area is 103 Å². The summed E-state index contributed by atoms with van der Waals surface area (Å²) in [5, 5.41) is 0. The molecule has 0 saturated heterocycles. The molecule has 0 radical (unpaired) electrons. The molecule has 0 unspecified atom stereocenters. The van der Waals surface area contributed by atoms with Gasteiger partial charge in [0.15, 0.2) is 0 Å². The van der Waals surface area contributed by atoms with Crippen molar-refractivity contribution in [2.75, 3.05) is 0 Å². The molecule has 0 amide bonds. The molecule has 3 heteroatoms. The second-order valence-corrected chi connectivity index (χ2v) is 3.59. The van der Waals surface area contributed by atoms with Crippen LogP contribution in [0.15, 0.2) is 48.5 Å². The van der Waals surface area contributed by atoms with E-state index in [1.165, 1.54) is 48.5 Å². The van der Waals surface area contributed by atoms with Gasteiger partial charge in [-0.2, -0.15) is 0 Å². The van der Waals surface area contributed by atoms with E-state index in [9.17, 15) is 13.6 Å². The van der Waals surface area contributed by atoms with Gasteiger partial charge in [-0.25, -0.2) is 8.78 Å². The van der Waals surface area contributed by atoms with Crippen molar-refractivity contribution in [2.24, 2.45) is 0 Å². The van der Waals surface area contributed by atoms with Gasteiger partial charge in [-0.1, -0.05) is 5.92 Å². The molecule has 0 aromatic heterocycles. The lowest BCUT2D eigenvalue weighted by molar-refractivity contribution is 0.105. The molecular formula is C15H8F2O. The topological polar surface area (TPSA) is 17.1 Å². The fourth-order valence-corrected chi connectivity index (χ4v) is 1.34. The number of halogens is 2. The molecule has 0 aliphatic rings. The fourth-order valence-electron chi connectivity index (χ4n) is 1.34. The number of hydrogen-bond donors (Lipinski definition) is 0. The molecule has 0 aliphatic carbocycles. The van der Waals surface area contributed by atoms with E-state index in [4.69, 9.17) is 0 Å². The molecule has 0 spiro atoms. The maximum Gasteiger partial charge on any atom is 0.236 e. The van der Waals surface area contributed by atoms with Gasteiger partial charge in [0.05, 0.1) is 0 Å². The molecule has 0 N–H and O–H groups in total. The first-order valence-electron chi connectivity index (χ1n) is 5.22. The standard InChI is InChI=1S/C15H8F2O/c16-13-6-1-11(2-7-13)3-10-15(18)12-4-8-14(17)9-5-12/h1-2,4-9H. The van der Waals surface area contributed by atoms with Crippen LogP contribution in [0, 0.1) is 23.5 Å². The lowest BCUT2D eigenvalue weighted by atomic mass is 10.1. The summed E-state index contributed by atoms with van der Waals surface area (Å²) in [6.45, 7) is 0. The normalized spacial score (nSPS) is 9.44. The summed E-state index contributed by atoms with van der Waals surface area (Å²) in [5.74, 6) is 3.88. The van der Waals surface area contributed by atoms with Gasteiger partial charge >= 0.3 is 0 Å². The van der Waals surface area contributed by atoms with Crippen LogP contribution in [-0.4, -0.2) is 5.78 Å². The molecule has 2 rings (SSSR count). The van der Waals surface area contributed by atoms with Crippen molar-refractivity contribution in [2.45, 2.75) is 0 Å². The molecule has 1 nitrogen and oxygen atoms in total. The number of hydrogen-bond acceptors (Lipinski definition) is 1. The quantitative estimate of drug-likeness (QED) is 0.554. The van der Waals surface area contributed by atoms with Crippen LogP contribution in [0.4, 0.5) is 8.78 Å². The summed E-state index contributed by atoms with van der Waals surface area (Å²) >= 11 is 0. The highest BCUT2D eigenvalue weighted by molar-refractivity contribution is 6.09. The molecular weight excluding hydrogens is 234 g/mol. The fraction of sp³-hybridized carbons (Fsp3) is 0. The van der Waals surface area contributed by atoms with Crippen LogP contribution in [-0.2, 0) is 0 Å². The third-order valence-corrected chi connectivity index (χ3v) is 2.27. The molecule has 2 aromatic rings. The SMILES string of the molecule is O=C(C#Cc1ccc(F)cc1)c1ccc(F)cc1. The Kier molecular flexibility index (Phi) is 3.49. The highest BCUT2D eigenvalue weighted by Gasteiger charge is 2.01. The number of carbonyl (C=O) groups excluding carboxylic acids is 1. The summed E-state index contributed by atoms with van der Waals surface area (Å²) in [6, 6.07) is 10.7. The Bertz CT molecular complexity index is 616. The first kappa shape index (κ1) is 12.0. The summed E-state index contributed by atoms with van der Waals surface area (Å²) in [6.07, 6.45) is 0. The Morgan fingerprint density at radius 2 is 1.33 bits per heavy atom. The predicted molar refractivity (Wildman–Crippen MR) is 64.0 cm³/mol. The van der Waals surface area contributed by atoms with Crippen molar-refractivity contribution in [1.82, 2.24) is 0 Å². The van der Waals surface area contributed by atoms with Gasteiger partial charge in [0.25, 0.3) is 0 Å². The first-order valence-corrected chi connectivity index (χ1v) is 5.22. The molecule has 0 bridgehead atoms. The zero-order valence-electron chi connectivity index (χ0n) is 9.28. The van der Waals surface area contributed by atoms with Crippen molar-refractivity contribution in [3.05, 3.63) is 71.3 Å². The van der Waals surface area contributed by atoms with Crippen LogP contribution in [0.1, 0.15) is 15.9 Å². The number of ketones is 1. The van der Waals surface area contributed by atoms with E-state index in [-0.39, 0.29) is 5.82 Å². The smallest absolute Gasteiger partial charge is 0.236 e. The Hall–Kier alpha value is -2.47. The number of carbonyl (C=O) groups is 1. The van der Waals surface area contributed by atoms with Crippen LogP contribution in [0.5, 0.6) is 0 Å². The molecule has 0 aliphatic heterocycles. The van der Waals surface area contributed by atoms with E-state index >= 15 is 0 Å². The summed E-state index contributed by atoms with van der Waals surface area (Å²) in [5.41, 5.74) is 0.873. The minimum absolute atomic E-state index is 0.325. The Morgan fingerprint density at radius 1 is 0.833 bits per heavy atom. The van der Waals surface area contributed by atoms with E-state index in [1.807, 2.05) is 0 Å². The van der Waals surface area contributed by atoms with E-state index in [0.717, 1.165) is 0 Å². The summed E-state index contributed by atoms with van der Waals surface area (Å²) in [4.78, 5) is 11.6. The minimum atomic E-state index is -0.405. The molecule has 0 saturated carbocycles. The van der Waals surface area contributed by atoms with Gasteiger partial charge in [0.2, 0.25) is 5.78 Å². The average Bonchev–Trinajstić information content (AvgIpc) is 2.38. The van der Waals surface area contributed by atoms with E-state index in [2.05, 4.69) is 11.8 Å². The predicted octanol–water partition coefficient (Wildman–Crippen LogP) is 3.20. The molecule has 0 atom stereocenters. The molecule has 0 fully saturated rings. The zero-order chi connectivity index (χ0) is 13.0. The maximum atomic E-state index is 12.7. The van der Waals surface area contributed by atoms with Gasteiger partial charge in [0.1, 0.15) is 11.6 Å². The Morgan fingerprint density at radius 3 is 1.89 bits per heavy atom. The first-order chi connectivity index (χ1) is 8.65. The van der Waals surface area contributed by atoms with Crippen LogP contribution in [0.3, 0.4) is 0 Å². The summed E-state index contributed by atoms with van der Waals surface area (Å²) < 4.78 is 25.3. The molecule has 18 heavy (non-hydrogen) atoms. The van der Waals surface area contributed by atoms with Gasteiger partial charge < -0.3 is 0 Å². The highest BCUT2D eigenvalue weighted by atomic mass is 19.1. The second kappa shape index (κ2) is 5.24. The highest BCUT2D eigenvalue weighted by Crippen LogP contribution is 2.04. The van der Waals surface area contributed by atoms with E-state index in [0.29, 0.717) is 11.1 Å². The molecule has 88 valence electrons. The van der Waals surface area contributed by atoms with E-state index in [1.54, 1.807) is 0 Å². The van der Waals surface area contributed by atoms with Gasteiger partial charge in [-0.15, -0.1) is 0 Å². The van der Waals surface area contributed by atoms with Crippen molar-refractivity contribution < 1.29 is 13.6 Å². The third-order valence-electron chi connectivity index (χ3n) is 2.27. The van der Waals surface area contributed by atoms with Gasteiger partial charge in [-0.3, -0.25) is 4.79 Å².